The fraction of sp³-hybridized carbons (Fsp3) is 0.615. The molecule has 116 valence electrons. The lowest BCUT2D eigenvalue weighted by Gasteiger charge is -2.16. The van der Waals surface area contributed by atoms with Gasteiger partial charge >= 0.3 is 12.0 Å². The van der Waals surface area contributed by atoms with Crippen LogP contribution in [0.1, 0.15) is 38.1 Å². The maximum atomic E-state index is 11.9. The van der Waals surface area contributed by atoms with E-state index in [0.717, 1.165) is 24.2 Å². The number of nitrogens with one attached hydrogen (secondary N) is 1. The summed E-state index contributed by atoms with van der Waals surface area (Å²) in [6.45, 7) is 4.28. The van der Waals surface area contributed by atoms with Crippen LogP contribution in [0.2, 0.25) is 0 Å². The van der Waals surface area contributed by atoms with Gasteiger partial charge in [-0.15, -0.1) is 10.2 Å². The highest BCUT2D eigenvalue weighted by atomic mass is 16.4. The number of nitrogens with zero attached hydrogens (tertiary/aromatic N) is 4. The molecule has 8 nitrogen and oxygen atoms in total. The third-order valence-corrected chi connectivity index (χ3v) is 2.96. The molecule has 1 aromatic rings. The number of carbonyl (C=O) groups excluding carboxylic acids is 1. The first-order valence-electron chi connectivity index (χ1n) is 6.94. The van der Waals surface area contributed by atoms with Crippen molar-refractivity contribution < 1.29 is 14.7 Å². The van der Waals surface area contributed by atoms with Crippen LogP contribution in [0.5, 0.6) is 0 Å². The second-order valence-electron chi connectivity index (χ2n) is 4.58. The largest absolute Gasteiger partial charge is 0.481 e. The molecule has 1 aromatic heterocycles. The standard InChI is InChI=1S/C13H21N5O3/c1-4-9-10(5-2)16-17-12(14-9)15-13(21)18(3)8-6-7-11(19)20/h4-8H2,1-3H3,(H,19,20)(H,14,15,17,21). The van der Waals surface area contributed by atoms with Crippen molar-refractivity contribution in [3.05, 3.63) is 11.4 Å². The first-order valence-corrected chi connectivity index (χ1v) is 6.94. The van der Waals surface area contributed by atoms with Gasteiger partial charge in [0.25, 0.3) is 5.95 Å². The predicted molar refractivity (Wildman–Crippen MR) is 77.1 cm³/mol. The second-order valence-corrected chi connectivity index (χ2v) is 4.58. The van der Waals surface area contributed by atoms with Crippen molar-refractivity contribution in [1.29, 1.82) is 0 Å². The number of anilines is 1. The SMILES string of the molecule is CCc1nnc(NC(=O)N(C)CCCC(=O)O)nc1CC. The van der Waals surface area contributed by atoms with Crippen LogP contribution in [-0.2, 0) is 17.6 Å². The quantitative estimate of drug-likeness (QED) is 0.785. The average Bonchev–Trinajstić information content (AvgIpc) is 2.46. The maximum Gasteiger partial charge on any atom is 0.324 e. The van der Waals surface area contributed by atoms with Crippen molar-refractivity contribution in [2.45, 2.75) is 39.5 Å². The molecule has 8 heteroatoms. The average molecular weight is 295 g/mol. The molecule has 2 amide bonds. The van der Waals surface area contributed by atoms with Crippen LogP contribution >= 0.6 is 0 Å². The van der Waals surface area contributed by atoms with Crippen LogP contribution in [0.15, 0.2) is 0 Å². The van der Waals surface area contributed by atoms with Gasteiger partial charge in [-0.3, -0.25) is 10.1 Å². The van der Waals surface area contributed by atoms with E-state index < -0.39 is 5.97 Å². The number of rotatable bonds is 7. The molecule has 1 heterocycles. The molecular formula is C13H21N5O3. The van der Waals surface area contributed by atoms with Crippen LogP contribution in [0, 0.1) is 0 Å². The number of amides is 2. The monoisotopic (exact) mass is 295 g/mol. The van der Waals surface area contributed by atoms with Crippen molar-refractivity contribution >= 4 is 17.9 Å². The summed E-state index contributed by atoms with van der Waals surface area (Å²) in [5.41, 5.74) is 1.64. The van der Waals surface area contributed by atoms with E-state index >= 15 is 0 Å². The number of carboxylic acids is 1. The van der Waals surface area contributed by atoms with Crippen LogP contribution in [0.25, 0.3) is 0 Å². The highest BCUT2D eigenvalue weighted by molar-refractivity contribution is 5.87. The number of urea groups is 1. The zero-order valence-corrected chi connectivity index (χ0v) is 12.6. The highest BCUT2D eigenvalue weighted by Crippen LogP contribution is 2.07. The summed E-state index contributed by atoms with van der Waals surface area (Å²) in [4.78, 5) is 28.0. The summed E-state index contributed by atoms with van der Waals surface area (Å²) in [5.74, 6) is -0.710. The third kappa shape index (κ3) is 5.33. The minimum absolute atomic E-state index is 0.0286. The van der Waals surface area contributed by atoms with Crippen LogP contribution < -0.4 is 5.32 Å². The summed E-state index contributed by atoms with van der Waals surface area (Å²) in [6.07, 6.45) is 1.89. The van der Waals surface area contributed by atoms with Crippen molar-refractivity contribution in [2.24, 2.45) is 0 Å². The molecular weight excluding hydrogens is 274 g/mol. The summed E-state index contributed by atoms with van der Waals surface area (Å²) in [6, 6.07) is -0.381. The highest BCUT2D eigenvalue weighted by Gasteiger charge is 2.12. The molecule has 0 bridgehead atoms. The number of hydrogen-bond acceptors (Lipinski definition) is 5. The van der Waals surface area contributed by atoms with Crippen molar-refractivity contribution in [3.63, 3.8) is 0 Å². The van der Waals surface area contributed by atoms with E-state index in [9.17, 15) is 9.59 Å². The molecule has 21 heavy (non-hydrogen) atoms. The Hall–Kier alpha value is -2.25. The van der Waals surface area contributed by atoms with Crippen LogP contribution in [0.4, 0.5) is 10.7 Å². The lowest BCUT2D eigenvalue weighted by Crippen LogP contribution is -2.33. The number of aromatic nitrogens is 3. The summed E-state index contributed by atoms with van der Waals surface area (Å²) >= 11 is 0. The maximum absolute atomic E-state index is 11.9. The molecule has 0 aromatic carbocycles. The van der Waals surface area contributed by atoms with Gasteiger partial charge in [0.2, 0.25) is 0 Å². The van der Waals surface area contributed by atoms with Crippen molar-refractivity contribution in [1.82, 2.24) is 20.1 Å². The molecule has 0 aliphatic heterocycles. The van der Waals surface area contributed by atoms with Gasteiger partial charge in [-0.25, -0.2) is 9.78 Å². The van der Waals surface area contributed by atoms with E-state index in [1.807, 2.05) is 13.8 Å². The molecule has 0 aliphatic rings. The first kappa shape index (κ1) is 16.8. The number of aryl methyl sites for hydroxylation is 2. The van der Waals surface area contributed by atoms with Gasteiger partial charge in [0.15, 0.2) is 0 Å². The third-order valence-electron chi connectivity index (χ3n) is 2.96. The van der Waals surface area contributed by atoms with Crippen molar-refractivity contribution in [2.75, 3.05) is 18.9 Å². The molecule has 0 saturated heterocycles. The van der Waals surface area contributed by atoms with E-state index in [1.54, 1.807) is 7.05 Å². The van der Waals surface area contributed by atoms with Gasteiger partial charge in [0.05, 0.1) is 11.4 Å². The van der Waals surface area contributed by atoms with Gasteiger partial charge < -0.3 is 10.0 Å². The Kier molecular flexibility index (Phi) is 6.51. The Morgan fingerprint density at radius 2 is 1.86 bits per heavy atom. The van der Waals surface area contributed by atoms with Gasteiger partial charge in [0.1, 0.15) is 0 Å². The molecule has 0 saturated carbocycles. The van der Waals surface area contributed by atoms with Gasteiger partial charge in [-0.05, 0) is 19.3 Å². The molecule has 0 unspecified atom stereocenters. The Morgan fingerprint density at radius 1 is 1.19 bits per heavy atom. The number of hydrogen-bond donors (Lipinski definition) is 2. The van der Waals surface area contributed by atoms with Crippen LogP contribution in [0.3, 0.4) is 0 Å². The first-order chi connectivity index (χ1) is 9.97. The number of carboxylic acid groups (broad SMARTS) is 1. The Bertz CT molecular complexity index is 507. The topological polar surface area (TPSA) is 108 Å². The van der Waals surface area contributed by atoms with E-state index in [0.29, 0.717) is 13.0 Å². The molecule has 2 N–H and O–H groups in total. The Balaban J connectivity index is 2.59. The summed E-state index contributed by atoms with van der Waals surface area (Å²) < 4.78 is 0. The van der Waals surface area contributed by atoms with E-state index in [-0.39, 0.29) is 18.4 Å². The van der Waals surface area contributed by atoms with Crippen LogP contribution in [-0.4, -0.2) is 50.8 Å². The fourth-order valence-electron chi connectivity index (χ4n) is 1.75. The van der Waals surface area contributed by atoms with E-state index in [4.69, 9.17) is 5.11 Å². The smallest absolute Gasteiger partial charge is 0.324 e. The number of aliphatic carboxylic acids is 1. The normalized spacial score (nSPS) is 10.2. The molecule has 0 aliphatic carbocycles. The second kappa shape index (κ2) is 8.13. The molecule has 0 radical (unpaired) electrons. The zero-order chi connectivity index (χ0) is 15.8. The van der Waals surface area contributed by atoms with Gasteiger partial charge in [-0.1, -0.05) is 13.8 Å². The van der Waals surface area contributed by atoms with Gasteiger partial charge in [-0.2, -0.15) is 0 Å². The summed E-state index contributed by atoms with van der Waals surface area (Å²) in [5, 5.41) is 19.0. The fourth-order valence-corrected chi connectivity index (χ4v) is 1.75. The lowest BCUT2D eigenvalue weighted by atomic mass is 10.2. The van der Waals surface area contributed by atoms with E-state index in [1.165, 1.54) is 4.90 Å². The van der Waals surface area contributed by atoms with E-state index in [2.05, 4.69) is 20.5 Å². The number of carbonyl (C=O) groups is 2. The predicted octanol–water partition coefficient (Wildman–Crippen LogP) is 1.32. The Morgan fingerprint density at radius 3 is 2.43 bits per heavy atom. The minimum atomic E-state index is -0.876. The zero-order valence-electron chi connectivity index (χ0n) is 12.6. The minimum Gasteiger partial charge on any atom is -0.481 e. The molecule has 0 atom stereocenters. The van der Waals surface area contributed by atoms with Gasteiger partial charge in [0, 0.05) is 20.0 Å². The molecule has 1 rings (SSSR count). The molecule has 0 spiro atoms. The summed E-state index contributed by atoms with van der Waals surface area (Å²) in [7, 11) is 1.59. The van der Waals surface area contributed by atoms with Crippen molar-refractivity contribution in [3.8, 4) is 0 Å². The lowest BCUT2D eigenvalue weighted by molar-refractivity contribution is -0.137. The molecule has 0 fully saturated rings. The Labute approximate surface area is 123 Å².